The molecule has 0 aliphatic carbocycles. The molecule has 0 heterocycles. The molecule has 86 valence electrons. The van der Waals surface area contributed by atoms with Crippen molar-refractivity contribution < 1.29 is 9.53 Å². The minimum atomic E-state index is -0.321. The van der Waals surface area contributed by atoms with Crippen LogP contribution in [0.2, 0.25) is 0 Å². The molecule has 0 saturated heterocycles. The van der Waals surface area contributed by atoms with E-state index in [9.17, 15) is 4.79 Å². The molecule has 1 rings (SSSR count). The fraction of sp³-hybridized carbons (Fsp3) is 0.308. The number of carbonyl (C=O) groups is 1. The van der Waals surface area contributed by atoms with Crippen molar-refractivity contribution in [2.75, 3.05) is 7.11 Å². The van der Waals surface area contributed by atoms with Gasteiger partial charge >= 0.3 is 0 Å². The molecule has 0 saturated carbocycles. The molecule has 0 aliphatic rings. The molecule has 0 aliphatic heterocycles. The van der Waals surface area contributed by atoms with Crippen LogP contribution in [-0.4, -0.2) is 13.0 Å². The van der Waals surface area contributed by atoms with E-state index in [4.69, 9.17) is 10.5 Å². The van der Waals surface area contributed by atoms with Crippen LogP contribution in [0.1, 0.15) is 23.1 Å². The van der Waals surface area contributed by atoms with Crippen LogP contribution in [0.4, 0.5) is 0 Å². The highest BCUT2D eigenvalue weighted by Gasteiger charge is 2.03. The van der Waals surface area contributed by atoms with Crippen molar-refractivity contribution in [2.24, 2.45) is 5.73 Å². The largest absolute Gasteiger partial charge is 0.496 e. The number of rotatable bonds is 4. The first-order chi connectivity index (χ1) is 7.54. The molecular formula is C13H17NO2. The maximum atomic E-state index is 10.6. The molecule has 3 nitrogen and oxygen atoms in total. The highest BCUT2D eigenvalue weighted by Crippen LogP contribution is 2.24. The lowest BCUT2D eigenvalue weighted by molar-refractivity contribution is -0.117. The van der Waals surface area contributed by atoms with Gasteiger partial charge in [-0.1, -0.05) is 12.2 Å². The number of benzene rings is 1. The van der Waals surface area contributed by atoms with Gasteiger partial charge in [0, 0.05) is 6.42 Å². The number of hydrogen-bond donors (Lipinski definition) is 1. The van der Waals surface area contributed by atoms with Crippen molar-refractivity contribution in [1.29, 1.82) is 0 Å². The Kier molecular flexibility index (Phi) is 4.11. The highest BCUT2D eigenvalue weighted by atomic mass is 16.5. The van der Waals surface area contributed by atoms with Crippen LogP contribution in [0.5, 0.6) is 5.75 Å². The number of carbonyl (C=O) groups excluding carboxylic acids is 1. The molecule has 16 heavy (non-hydrogen) atoms. The third kappa shape index (κ3) is 3.12. The van der Waals surface area contributed by atoms with Gasteiger partial charge in [-0.15, -0.1) is 0 Å². The standard InChI is InChI=1S/C13H17NO2/c1-9-7-11(5-4-6-12(14)15)8-10(2)13(9)16-3/h4-5,7-8H,6H2,1-3H3,(H2,14,15). The molecule has 0 unspecified atom stereocenters. The Morgan fingerprint density at radius 2 is 1.94 bits per heavy atom. The van der Waals surface area contributed by atoms with Crippen molar-refractivity contribution in [2.45, 2.75) is 20.3 Å². The van der Waals surface area contributed by atoms with Crippen molar-refractivity contribution >= 4 is 12.0 Å². The molecule has 0 bridgehead atoms. The number of nitrogens with two attached hydrogens (primary N) is 1. The van der Waals surface area contributed by atoms with Crippen molar-refractivity contribution in [3.05, 3.63) is 34.9 Å². The summed E-state index contributed by atoms with van der Waals surface area (Å²) < 4.78 is 5.28. The third-order valence-electron chi connectivity index (χ3n) is 2.32. The van der Waals surface area contributed by atoms with E-state index in [1.54, 1.807) is 13.2 Å². The van der Waals surface area contributed by atoms with E-state index in [0.29, 0.717) is 0 Å². The summed E-state index contributed by atoms with van der Waals surface area (Å²) in [6.07, 6.45) is 3.93. The van der Waals surface area contributed by atoms with Gasteiger partial charge in [-0.2, -0.15) is 0 Å². The second kappa shape index (κ2) is 5.35. The quantitative estimate of drug-likeness (QED) is 0.844. The molecule has 2 N–H and O–H groups in total. The van der Waals surface area contributed by atoms with Crippen LogP contribution in [0.15, 0.2) is 18.2 Å². The molecule has 3 heteroatoms. The summed E-state index contributed by atoms with van der Waals surface area (Å²) >= 11 is 0. The molecule has 1 amide bonds. The van der Waals surface area contributed by atoms with Crippen LogP contribution < -0.4 is 10.5 Å². The Morgan fingerprint density at radius 1 is 1.38 bits per heavy atom. The van der Waals surface area contributed by atoms with Gasteiger partial charge in [-0.25, -0.2) is 0 Å². The van der Waals surface area contributed by atoms with Gasteiger partial charge in [0.1, 0.15) is 5.75 Å². The number of aryl methyl sites for hydroxylation is 2. The van der Waals surface area contributed by atoms with E-state index < -0.39 is 0 Å². The van der Waals surface area contributed by atoms with E-state index in [0.717, 1.165) is 22.4 Å². The molecule has 0 spiro atoms. The molecule has 0 fully saturated rings. The van der Waals surface area contributed by atoms with Gasteiger partial charge in [0.25, 0.3) is 0 Å². The maximum absolute atomic E-state index is 10.6. The van der Waals surface area contributed by atoms with E-state index in [1.165, 1.54) is 0 Å². The minimum absolute atomic E-state index is 0.268. The molecular weight excluding hydrogens is 202 g/mol. The highest BCUT2D eigenvalue weighted by molar-refractivity contribution is 5.76. The number of ether oxygens (including phenoxy) is 1. The summed E-state index contributed by atoms with van der Waals surface area (Å²) in [7, 11) is 1.66. The first-order valence-corrected chi connectivity index (χ1v) is 5.14. The first kappa shape index (κ1) is 12.3. The molecule has 0 atom stereocenters. The van der Waals surface area contributed by atoms with Gasteiger partial charge in [0.2, 0.25) is 5.91 Å². The Labute approximate surface area is 95.9 Å². The topological polar surface area (TPSA) is 52.3 Å². The number of primary amides is 1. The van der Waals surface area contributed by atoms with Crippen LogP contribution in [0.25, 0.3) is 6.08 Å². The zero-order valence-electron chi connectivity index (χ0n) is 9.91. The molecule has 1 aromatic rings. The normalized spacial score (nSPS) is 10.7. The van der Waals surface area contributed by atoms with E-state index >= 15 is 0 Å². The Hall–Kier alpha value is -1.77. The summed E-state index contributed by atoms with van der Waals surface area (Å²) in [4.78, 5) is 10.6. The zero-order chi connectivity index (χ0) is 12.1. The number of amides is 1. The van der Waals surface area contributed by atoms with Crippen molar-refractivity contribution in [3.63, 3.8) is 0 Å². The van der Waals surface area contributed by atoms with Crippen LogP contribution in [-0.2, 0) is 4.79 Å². The van der Waals surface area contributed by atoms with E-state index in [-0.39, 0.29) is 12.3 Å². The second-order valence-electron chi connectivity index (χ2n) is 3.76. The molecule has 0 aromatic heterocycles. The molecule has 1 aromatic carbocycles. The number of hydrogen-bond acceptors (Lipinski definition) is 2. The van der Waals surface area contributed by atoms with Crippen LogP contribution in [0.3, 0.4) is 0 Å². The van der Waals surface area contributed by atoms with E-state index in [2.05, 4.69) is 0 Å². The van der Waals surface area contributed by atoms with Crippen molar-refractivity contribution in [1.82, 2.24) is 0 Å². The lowest BCUT2D eigenvalue weighted by Gasteiger charge is -2.09. The Morgan fingerprint density at radius 3 is 2.38 bits per heavy atom. The zero-order valence-corrected chi connectivity index (χ0v) is 9.91. The predicted octanol–water partition coefficient (Wildman–Crippen LogP) is 2.20. The second-order valence-corrected chi connectivity index (χ2v) is 3.76. The van der Waals surface area contributed by atoms with Gasteiger partial charge in [0.05, 0.1) is 7.11 Å². The lowest BCUT2D eigenvalue weighted by Crippen LogP contribution is -2.07. The Bertz CT molecular complexity index is 399. The Balaban J connectivity index is 2.91. The predicted molar refractivity (Wildman–Crippen MR) is 65.3 cm³/mol. The summed E-state index contributed by atoms with van der Waals surface area (Å²) in [5.74, 6) is 0.588. The molecule has 0 radical (unpaired) electrons. The lowest BCUT2D eigenvalue weighted by atomic mass is 10.1. The fourth-order valence-electron chi connectivity index (χ4n) is 1.71. The van der Waals surface area contributed by atoms with E-state index in [1.807, 2.05) is 32.1 Å². The summed E-state index contributed by atoms with van der Waals surface area (Å²) in [6.45, 7) is 3.99. The summed E-state index contributed by atoms with van der Waals surface area (Å²) in [5.41, 5.74) is 8.27. The van der Waals surface area contributed by atoms with Gasteiger partial charge in [-0.05, 0) is 42.7 Å². The van der Waals surface area contributed by atoms with Gasteiger partial charge in [0.15, 0.2) is 0 Å². The fourth-order valence-corrected chi connectivity index (χ4v) is 1.71. The average molecular weight is 219 g/mol. The van der Waals surface area contributed by atoms with Gasteiger partial charge < -0.3 is 10.5 Å². The van der Waals surface area contributed by atoms with Crippen molar-refractivity contribution in [3.8, 4) is 5.75 Å². The number of methoxy groups -OCH3 is 1. The summed E-state index contributed by atoms with van der Waals surface area (Å²) in [5, 5.41) is 0. The van der Waals surface area contributed by atoms with Crippen LogP contribution in [0, 0.1) is 13.8 Å². The van der Waals surface area contributed by atoms with Gasteiger partial charge in [-0.3, -0.25) is 4.79 Å². The minimum Gasteiger partial charge on any atom is -0.496 e. The summed E-state index contributed by atoms with van der Waals surface area (Å²) in [6, 6.07) is 4.03. The van der Waals surface area contributed by atoms with Crippen LogP contribution >= 0.6 is 0 Å². The monoisotopic (exact) mass is 219 g/mol. The maximum Gasteiger partial charge on any atom is 0.221 e. The first-order valence-electron chi connectivity index (χ1n) is 5.14. The smallest absolute Gasteiger partial charge is 0.221 e. The third-order valence-corrected chi connectivity index (χ3v) is 2.32. The SMILES string of the molecule is COc1c(C)cc(C=CCC(N)=O)cc1C. The average Bonchev–Trinajstić information content (AvgIpc) is 2.16.